The third-order valence-corrected chi connectivity index (χ3v) is 2.99. The number of nitrogens with two attached hydrogens (primary N) is 1. The molecule has 1 heterocycles. The van der Waals surface area contributed by atoms with Gasteiger partial charge in [-0.2, -0.15) is 0 Å². The fraction of sp³-hybridized carbons (Fsp3) is 0.267. The quantitative estimate of drug-likeness (QED) is 0.900. The fourth-order valence-corrected chi connectivity index (χ4v) is 1.95. The first-order chi connectivity index (χ1) is 9.15. The van der Waals surface area contributed by atoms with E-state index in [4.69, 9.17) is 5.73 Å². The Kier molecular flexibility index (Phi) is 4.58. The second kappa shape index (κ2) is 6.38. The van der Waals surface area contributed by atoms with Crippen molar-refractivity contribution in [2.75, 3.05) is 0 Å². The summed E-state index contributed by atoms with van der Waals surface area (Å²) in [7, 11) is 0. The summed E-state index contributed by atoms with van der Waals surface area (Å²) in [5.74, 6) is -1.10. The highest BCUT2D eigenvalue weighted by Crippen LogP contribution is 2.13. The number of rotatable bonds is 5. The average Bonchev–Trinajstić information content (AvgIpc) is 2.41. The Morgan fingerprint density at radius 1 is 1.16 bits per heavy atom. The van der Waals surface area contributed by atoms with Gasteiger partial charge in [-0.15, -0.1) is 0 Å². The van der Waals surface area contributed by atoms with Crippen molar-refractivity contribution < 1.29 is 8.78 Å². The normalized spacial score (nSPS) is 12.4. The number of nitrogens with zero attached hydrogens (tertiary/aromatic N) is 1. The smallest absolute Gasteiger partial charge is 0.129 e. The van der Waals surface area contributed by atoms with Crippen LogP contribution in [0.5, 0.6) is 0 Å². The van der Waals surface area contributed by atoms with E-state index in [-0.39, 0.29) is 6.04 Å². The summed E-state index contributed by atoms with van der Waals surface area (Å²) in [6, 6.07) is 9.15. The zero-order valence-corrected chi connectivity index (χ0v) is 10.5. The van der Waals surface area contributed by atoms with Crippen LogP contribution in [0.1, 0.15) is 17.7 Å². The molecule has 0 saturated heterocycles. The van der Waals surface area contributed by atoms with Gasteiger partial charge in [0.05, 0.1) is 0 Å². The number of hydrogen-bond acceptors (Lipinski definition) is 2. The lowest BCUT2D eigenvalue weighted by molar-refractivity contribution is 0.547. The first-order valence-corrected chi connectivity index (χ1v) is 6.24. The Morgan fingerprint density at radius 3 is 2.68 bits per heavy atom. The van der Waals surface area contributed by atoms with Gasteiger partial charge in [0.15, 0.2) is 0 Å². The Bertz CT molecular complexity index is 529. The molecule has 2 aromatic rings. The minimum Gasteiger partial charge on any atom is -0.327 e. The standard InChI is InChI=1S/C15H16F2N2/c16-12-5-4-11(15(17)10-12)9-13(18)6-7-14-3-1-2-8-19-14/h1-5,8,10,13H,6-7,9,18H2. The first-order valence-electron chi connectivity index (χ1n) is 6.24. The molecule has 4 heteroatoms. The Morgan fingerprint density at radius 2 is 2.00 bits per heavy atom. The lowest BCUT2D eigenvalue weighted by atomic mass is 10.0. The number of halogens is 2. The molecular formula is C15H16F2N2. The van der Waals surface area contributed by atoms with Crippen LogP contribution < -0.4 is 5.73 Å². The Hall–Kier alpha value is -1.81. The van der Waals surface area contributed by atoms with Crippen molar-refractivity contribution in [1.29, 1.82) is 0 Å². The van der Waals surface area contributed by atoms with Gasteiger partial charge < -0.3 is 5.73 Å². The van der Waals surface area contributed by atoms with E-state index in [0.717, 1.165) is 18.2 Å². The van der Waals surface area contributed by atoms with Crippen molar-refractivity contribution in [2.45, 2.75) is 25.3 Å². The SMILES string of the molecule is NC(CCc1ccccn1)Cc1ccc(F)cc1F. The summed E-state index contributed by atoms with van der Waals surface area (Å²) in [5, 5.41) is 0. The van der Waals surface area contributed by atoms with E-state index < -0.39 is 11.6 Å². The predicted molar refractivity (Wildman–Crippen MR) is 70.6 cm³/mol. The number of aryl methyl sites for hydroxylation is 1. The molecular weight excluding hydrogens is 246 g/mol. The molecule has 2 nitrogen and oxygen atoms in total. The molecule has 0 spiro atoms. The largest absolute Gasteiger partial charge is 0.327 e. The minimum absolute atomic E-state index is 0.165. The average molecular weight is 262 g/mol. The van der Waals surface area contributed by atoms with E-state index in [1.54, 1.807) is 6.20 Å². The molecule has 0 aliphatic carbocycles. The molecule has 0 saturated carbocycles. The second-order valence-corrected chi connectivity index (χ2v) is 4.56. The molecule has 2 N–H and O–H groups in total. The van der Waals surface area contributed by atoms with Gasteiger partial charge in [-0.05, 0) is 43.0 Å². The van der Waals surface area contributed by atoms with Gasteiger partial charge >= 0.3 is 0 Å². The summed E-state index contributed by atoms with van der Waals surface area (Å²) in [5.41, 5.74) is 7.40. The molecule has 0 amide bonds. The molecule has 1 aromatic heterocycles. The third kappa shape index (κ3) is 4.10. The van der Waals surface area contributed by atoms with Crippen molar-refractivity contribution >= 4 is 0 Å². The molecule has 2 rings (SSSR count). The highest BCUT2D eigenvalue weighted by Gasteiger charge is 2.09. The molecule has 0 fully saturated rings. The zero-order valence-electron chi connectivity index (χ0n) is 10.5. The van der Waals surface area contributed by atoms with Gasteiger partial charge in [0, 0.05) is 24.0 Å². The number of pyridine rings is 1. The van der Waals surface area contributed by atoms with Gasteiger partial charge in [-0.1, -0.05) is 12.1 Å². The summed E-state index contributed by atoms with van der Waals surface area (Å²) in [6.45, 7) is 0. The highest BCUT2D eigenvalue weighted by atomic mass is 19.1. The molecule has 0 bridgehead atoms. The molecule has 1 unspecified atom stereocenters. The van der Waals surface area contributed by atoms with E-state index >= 15 is 0 Å². The summed E-state index contributed by atoms with van der Waals surface area (Å²) in [6.07, 6.45) is 3.61. The van der Waals surface area contributed by atoms with Crippen molar-refractivity contribution in [3.63, 3.8) is 0 Å². The summed E-state index contributed by atoms with van der Waals surface area (Å²) >= 11 is 0. The van der Waals surface area contributed by atoms with E-state index in [0.29, 0.717) is 18.4 Å². The minimum atomic E-state index is -0.566. The lowest BCUT2D eigenvalue weighted by Gasteiger charge is -2.12. The fourth-order valence-electron chi connectivity index (χ4n) is 1.95. The molecule has 1 aromatic carbocycles. The van der Waals surface area contributed by atoms with Crippen LogP contribution in [0.4, 0.5) is 8.78 Å². The predicted octanol–water partition coefficient (Wildman–Crippen LogP) is 2.86. The number of aromatic nitrogens is 1. The van der Waals surface area contributed by atoms with Gasteiger partial charge in [0.25, 0.3) is 0 Å². The van der Waals surface area contributed by atoms with Crippen LogP contribution in [0, 0.1) is 11.6 Å². The summed E-state index contributed by atoms with van der Waals surface area (Å²) < 4.78 is 26.2. The maximum atomic E-state index is 13.5. The monoisotopic (exact) mass is 262 g/mol. The van der Waals surface area contributed by atoms with Gasteiger partial charge in [0.2, 0.25) is 0 Å². The second-order valence-electron chi connectivity index (χ2n) is 4.56. The Balaban J connectivity index is 1.89. The maximum Gasteiger partial charge on any atom is 0.129 e. The van der Waals surface area contributed by atoms with E-state index in [9.17, 15) is 8.78 Å². The first kappa shape index (κ1) is 13.6. The molecule has 0 aliphatic rings. The van der Waals surface area contributed by atoms with Crippen molar-refractivity contribution in [1.82, 2.24) is 4.98 Å². The van der Waals surface area contributed by atoms with Crippen LogP contribution in [0.2, 0.25) is 0 Å². The van der Waals surface area contributed by atoms with E-state index in [1.165, 1.54) is 12.1 Å². The molecule has 100 valence electrons. The van der Waals surface area contributed by atoms with Crippen molar-refractivity contribution in [3.8, 4) is 0 Å². The van der Waals surface area contributed by atoms with Crippen LogP contribution >= 0.6 is 0 Å². The molecule has 19 heavy (non-hydrogen) atoms. The van der Waals surface area contributed by atoms with Crippen LogP contribution in [-0.2, 0) is 12.8 Å². The van der Waals surface area contributed by atoms with Crippen molar-refractivity contribution in [2.24, 2.45) is 5.73 Å². The summed E-state index contributed by atoms with van der Waals surface area (Å²) in [4.78, 5) is 4.21. The van der Waals surface area contributed by atoms with Gasteiger partial charge in [0.1, 0.15) is 11.6 Å². The van der Waals surface area contributed by atoms with Crippen molar-refractivity contribution in [3.05, 3.63) is 65.5 Å². The maximum absolute atomic E-state index is 13.5. The zero-order chi connectivity index (χ0) is 13.7. The van der Waals surface area contributed by atoms with Crippen LogP contribution in [0.3, 0.4) is 0 Å². The topological polar surface area (TPSA) is 38.9 Å². The molecule has 1 atom stereocenters. The van der Waals surface area contributed by atoms with Crippen LogP contribution in [0.15, 0.2) is 42.6 Å². The third-order valence-electron chi connectivity index (χ3n) is 2.99. The van der Waals surface area contributed by atoms with E-state index in [2.05, 4.69) is 4.98 Å². The van der Waals surface area contributed by atoms with E-state index in [1.807, 2.05) is 18.2 Å². The van der Waals surface area contributed by atoms with Crippen LogP contribution in [0.25, 0.3) is 0 Å². The Labute approximate surface area is 111 Å². The van der Waals surface area contributed by atoms with Gasteiger partial charge in [-0.25, -0.2) is 8.78 Å². The molecule has 0 radical (unpaired) electrons. The van der Waals surface area contributed by atoms with Crippen LogP contribution in [-0.4, -0.2) is 11.0 Å². The highest BCUT2D eigenvalue weighted by molar-refractivity contribution is 5.19. The number of benzene rings is 1. The lowest BCUT2D eigenvalue weighted by Crippen LogP contribution is -2.24. The van der Waals surface area contributed by atoms with Gasteiger partial charge in [-0.3, -0.25) is 4.98 Å². The number of hydrogen-bond donors (Lipinski definition) is 1. The molecule has 0 aliphatic heterocycles.